The standard InChI is InChI=1S/C10H14N2O3/c1-3-6-15-10(13)12-8-4-5-9(14-2)11-7-8/h4-5,7H,3,6H2,1-2H3,(H,12,13). The van der Waals surface area contributed by atoms with Crippen LogP contribution in [0.15, 0.2) is 18.3 Å². The lowest BCUT2D eigenvalue weighted by atomic mass is 10.4. The first-order chi connectivity index (χ1) is 7.26. The molecule has 0 spiro atoms. The van der Waals surface area contributed by atoms with Gasteiger partial charge in [0.2, 0.25) is 5.88 Å². The van der Waals surface area contributed by atoms with Gasteiger partial charge >= 0.3 is 6.09 Å². The van der Waals surface area contributed by atoms with Crippen LogP contribution in [0.1, 0.15) is 13.3 Å². The average Bonchev–Trinajstić information content (AvgIpc) is 2.27. The van der Waals surface area contributed by atoms with E-state index >= 15 is 0 Å². The van der Waals surface area contributed by atoms with Crippen LogP contribution >= 0.6 is 0 Å². The molecule has 1 aromatic heterocycles. The number of anilines is 1. The Labute approximate surface area is 88.4 Å². The molecule has 0 radical (unpaired) electrons. The number of rotatable bonds is 4. The molecule has 82 valence electrons. The first-order valence-corrected chi connectivity index (χ1v) is 4.70. The molecule has 0 saturated heterocycles. The van der Waals surface area contributed by atoms with E-state index in [1.165, 1.54) is 13.3 Å². The van der Waals surface area contributed by atoms with Crippen molar-refractivity contribution < 1.29 is 14.3 Å². The van der Waals surface area contributed by atoms with Crippen molar-refractivity contribution in [2.24, 2.45) is 0 Å². The predicted octanol–water partition coefficient (Wildman–Crippen LogP) is 2.05. The maximum absolute atomic E-state index is 11.1. The van der Waals surface area contributed by atoms with Crippen molar-refractivity contribution in [2.75, 3.05) is 19.0 Å². The van der Waals surface area contributed by atoms with Gasteiger partial charge in [0.25, 0.3) is 0 Å². The topological polar surface area (TPSA) is 60.5 Å². The fourth-order valence-corrected chi connectivity index (χ4v) is 0.924. The van der Waals surface area contributed by atoms with Crippen molar-refractivity contribution >= 4 is 11.8 Å². The number of nitrogens with zero attached hydrogens (tertiary/aromatic N) is 1. The van der Waals surface area contributed by atoms with Crippen molar-refractivity contribution in [3.63, 3.8) is 0 Å². The second kappa shape index (κ2) is 5.85. The summed E-state index contributed by atoms with van der Waals surface area (Å²) in [6, 6.07) is 3.36. The molecule has 0 aliphatic heterocycles. The molecule has 1 heterocycles. The Morgan fingerprint density at radius 2 is 2.33 bits per heavy atom. The largest absolute Gasteiger partial charge is 0.481 e. The van der Waals surface area contributed by atoms with E-state index in [4.69, 9.17) is 9.47 Å². The molecule has 5 heteroatoms. The summed E-state index contributed by atoms with van der Waals surface area (Å²) in [6.45, 7) is 2.34. The first-order valence-electron chi connectivity index (χ1n) is 4.70. The minimum absolute atomic E-state index is 0.412. The third-order valence-electron chi connectivity index (χ3n) is 1.63. The second-order valence-electron chi connectivity index (χ2n) is 2.85. The van der Waals surface area contributed by atoms with Crippen LogP contribution in [0, 0.1) is 0 Å². The van der Waals surface area contributed by atoms with Crippen LogP contribution in [0.2, 0.25) is 0 Å². The van der Waals surface area contributed by atoms with E-state index in [1.807, 2.05) is 6.92 Å². The number of hydrogen-bond donors (Lipinski definition) is 1. The average molecular weight is 210 g/mol. The highest BCUT2D eigenvalue weighted by molar-refractivity contribution is 5.84. The molecular formula is C10H14N2O3. The van der Waals surface area contributed by atoms with Gasteiger partial charge in [-0.2, -0.15) is 0 Å². The van der Waals surface area contributed by atoms with E-state index in [-0.39, 0.29) is 0 Å². The van der Waals surface area contributed by atoms with Crippen LogP contribution in [0.3, 0.4) is 0 Å². The van der Waals surface area contributed by atoms with Gasteiger partial charge in [-0.1, -0.05) is 6.92 Å². The molecule has 1 rings (SSSR count). The lowest BCUT2D eigenvalue weighted by Gasteiger charge is -2.05. The van der Waals surface area contributed by atoms with Gasteiger partial charge in [-0.05, 0) is 12.5 Å². The van der Waals surface area contributed by atoms with Crippen molar-refractivity contribution in [2.45, 2.75) is 13.3 Å². The van der Waals surface area contributed by atoms with Gasteiger partial charge in [-0.25, -0.2) is 9.78 Å². The van der Waals surface area contributed by atoms with E-state index in [0.29, 0.717) is 18.2 Å². The minimum atomic E-state index is -0.469. The molecule has 0 aromatic carbocycles. The van der Waals surface area contributed by atoms with Crippen LogP contribution in [0.4, 0.5) is 10.5 Å². The molecule has 15 heavy (non-hydrogen) atoms. The number of ether oxygens (including phenoxy) is 2. The Balaban J connectivity index is 2.46. The summed E-state index contributed by atoms with van der Waals surface area (Å²) in [4.78, 5) is 15.1. The van der Waals surface area contributed by atoms with E-state index in [0.717, 1.165) is 6.42 Å². The summed E-state index contributed by atoms with van der Waals surface area (Å²) >= 11 is 0. The summed E-state index contributed by atoms with van der Waals surface area (Å²) in [5.41, 5.74) is 0.580. The number of methoxy groups -OCH3 is 1. The molecule has 0 aliphatic rings. The summed E-state index contributed by atoms with van der Waals surface area (Å²) < 4.78 is 9.73. The molecule has 0 bridgehead atoms. The Hall–Kier alpha value is -1.78. The molecule has 0 aliphatic carbocycles. The molecule has 5 nitrogen and oxygen atoms in total. The zero-order valence-electron chi connectivity index (χ0n) is 8.82. The Morgan fingerprint density at radius 3 is 2.87 bits per heavy atom. The molecule has 1 aromatic rings. The number of amides is 1. The summed E-state index contributed by atoms with van der Waals surface area (Å²) in [7, 11) is 1.53. The third-order valence-corrected chi connectivity index (χ3v) is 1.63. The van der Waals surface area contributed by atoms with Gasteiger partial charge in [-0.3, -0.25) is 5.32 Å². The van der Waals surface area contributed by atoms with Gasteiger partial charge in [-0.15, -0.1) is 0 Å². The highest BCUT2D eigenvalue weighted by Crippen LogP contribution is 2.10. The van der Waals surface area contributed by atoms with Crippen LogP contribution in [-0.4, -0.2) is 24.8 Å². The number of aromatic nitrogens is 1. The van der Waals surface area contributed by atoms with E-state index in [2.05, 4.69) is 10.3 Å². The van der Waals surface area contributed by atoms with Crippen molar-refractivity contribution in [3.05, 3.63) is 18.3 Å². The van der Waals surface area contributed by atoms with Gasteiger partial charge in [0, 0.05) is 6.07 Å². The number of hydrogen-bond acceptors (Lipinski definition) is 4. The van der Waals surface area contributed by atoms with Crippen molar-refractivity contribution in [1.29, 1.82) is 0 Å². The van der Waals surface area contributed by atoms with Gasteiger partial charge in [0.1, 0.15) is 0 Å². The number of nitrogens with one attached hydrogen (secondary N) is 1. The van der Waals surface area contributed by atoms with Crippen molar-refractivity contribution in [1.82, 2.24) is 4.98 Å². The summed E-state index contributed by atoms with van der Waals surface area (Å²) in [6.07, 6.45) is 1.84. The summed E-state index contributed by atoms with van der Waals surface area (Å²) in [5.74, 6) is 0.502. The van der Waals surface area contributed by atoms with Gasteiger partial charge in [0.15, 0.2) is 0 Å². The minimum Gasteiger partial charge on any atom is -0.481 e. The summed E-state index contributed by atoms with van der Waals surface area (Å²) in [5, 5.41) is 2.55. The lowest BCUT2D eigenvalue weighted by Crippen LogP contribution is -2.14. The van der Waals surface area contributed by atoms with Crippen LogP contribution in [-0.2, 0) is 4.74 Å². The zero-order chi connectivity index (χ0) is 11.1. The van der Waals surface area contributed by atoms with E-state index < -0.39 is 6.09 Å². The maximum Gasteiger partial charge on any atom is 0.411 e. The maximum atomic E-state index is 11.1. The fourth-order valence-electron chi connectivity index (χ4n) is 0.924. The molecule has 0 saturated carbocycles. The Kier molecular flexibility index (Phi) is 4.40. The normalized spacial score (nSPS) is 9.47. The van der Waals surface area contributed by atoms with Crippen molar-refractivity contribution in [3.8, 4) is 5.88 Å². The molecule has 1 N–H and O–H groups in total. The monoisotopic (exact) mass is 210 g/mol. The zero-order valence-corrected chi connectivity index (χ0v) is 8.82. The van der Waals surface area contributed by atoms with E-state index in [9.17, 15) is 4.79 Å². The Morgan fingerprint density at radius 1 is 1.53 bits per heavy atom. The Bertz CT molecular complexity index is 311. The first kappa shape index (κ1) is 11.3. The molecule has 0 atom stereocenters. The fraction of sp³-hybridized carbons (Fsp3) is 0.400. The highest BCUT2D eigenvalue weighted by Gasteiger charge is 2.02. The molecule has 0 fully saturated rings. The third kappa shape index (κ3) is 3.84. The number of carbonyl (C=O) groups excluding carboxylic acids is 1. The van der Waals surface area contributed by atoms with Gasteiger partial charge < -0.3 is 9.47 Å². The SMILES string of the molecule is CCCOC(=O)Nc1ccc(OC)nc1. The van der Waals surface area contributed by atoms with Crippen LogP contribution in [0.5, 0.6) is 5.88 Å². The lowest BCUT2D eigenvalue weighted by molar-refractivity contribution is 0.161. The number of carbonyl (C=O) groups is 1. The molecule has 0 unspecified atom stereocenters. The van der Waals surface area contributed by atoms with Crippen LogP contribution in [0.25, 0.3) is 0 Å². The second-order valence-corrected chi connectivity index (χ2v) is 2.85. The highest BCUT2D eigenvalue weighted by atomic mass is 16.5. The van der Waals surface area contributed by atoms with Crippen LogP contribution < -0.4 is 10.1 Å². The smallest absolute Gasteiger partial charge is 0.411 e. The predicted molar refractivity (Wildman–Crippen MR) is 56.1 cm³/mol. The van der Waals surface area contributed by atoms with Gasteiger partial charge in [0.05, 0.1) is 25.6 Å². The molecule has 1 amide bonds. The number of pyridine rings is 1. The quantitative estimate of drug-likeness (QED) is 0.826. The molecular weight excluding hydrogens is 196 g/mol. The van der Waals surface area contributed by atoms with E-state index in [1.54, 1.807) is 12.1 Å².